The number of nitrogens with one attached hydrogen (secondary N) is 1. The molecule has 0 fully saturated rings. The second kappa shape index (κ2) is 8.89. The number of methoxy groups -OCH3 is 1. The van der Waals surface area contributed by atoms with Crippen molar-refractivity contribution in [3.8, 4) is 17.0 Å². The third kappa shape index (κ3) is 5.11. The van der Waals surface area contributed by atoms with E-state index >= 15 is 0 Å². The van der Waals surface area contributed by atoms with Crippen LogP contribution in [0.3, 0.4) is 0 Å². The van der Waals surface area contributed by atoms with Gasteiger partial charge in [-0.15, -0.1) is 11.3 Å². The number of hydrogen-bond donors (Lipinski definition) is 1. The molecule has 4 nitrogen and oxygen atoms in total. The van der Waals surface area contributed by atoms with E-state index in [4.69, 9.17) is 27.9 Å². The number of amides is 1. The van der Waals surface area contributed by atoms with Crippen LogP contribution < -0.4 is 10.1 Å². The van der Waals surface area contributed by atoms with Crippen molar-refractivity contribution >= 4 is 67.6 Å². The largest absolute Gasteiger partial charge is 0.496 e. The first-order valence-corrected chi connectivity index (χ1v) is 10.1. The molecule has 27 heavy (non-hydrogen) atoms. The van der Waals surface area contributed by atoms with E-state index in [1.807, 2.05) is 23.6 Å². The Morgan fingerprint density at radius 1 is 1.26 bits per heavy atom. The third-order valence-corrected chi connectivity index (χ3v) is 5.50. The van der Waals surface area contributed by atoms with E-state index in [0.717, 1.165) is 21.5 Å². The molecule has 0 aliphatic carbocycles. The minimum atomic E-state index is -0.294. The van der Waals surface area contributed by atoms with E-state index in [1.54, 1.807) is 31.4 Å². The Morgan fingerprint density at radius 3 is 2.78 bits per heavy atom. The van der Waals surface area contributed by atoms with Crippen LogP contribution in [0.4, 0.5) is 5.13 Å². The van der Waals surface area contributed by atoms with Crippen LogP contribution in [0.5, 0.6) is 5.75 Å². The van der Waals surface area contributed by atoms with E-state index < -0.39 is 0 Å². The fourth-order valence-electron chi connectivity index (χ4n) is 2.24. The van der Waals surface area contributed by atoms with Crippen LogP contribution in [0.1, 0.15) is 5.56 Å². The number of hydrogen-bond acceptors (Lipinski definition) is 4. The second-order valence-electron chi connectivity index (χ2n) is 5.38. The van der Waals surface area contributed by atoms with Gasteiger partial charge in [-0.2, -0.15) is 0 Å². The van der Waals surface area contributed by atoms with E-state index in [1.165, 1.54) is 17.4 Å². The lowest BCUT2D eigenvalue weighted by Crippen LogP contribution is -2.07. The number of ether oxygens (including phenoxy) is 1. The van der Waals surface area contributed by atoms with Gasteiger partial charge in [-0.3, -0.25) is 10.1 Å². The fraction of sp³-hybridized carbons (Fsp3) is 0.0526. The summed E-state index contributed by atoms with van der Waals surface area (Å²) in [5, 5.41) is 6.16. The molecule has 1 N–H and O–H groups in total. The molecule has 0 radical (unpaired) electrons. The van der Waals surface area contributed by atoms with Gasteiger partial charge < -0.3 is 4.74 Å². The van der Waals surface area contributed by atoms with Crippen LogP contribution in [-0.4, -0.2) is 18.0 Å². The Balaban J connectivity index is 1.69. The minimum Gasteiger partial charge on any atom is -0.496 e. The number of carbonyl (C=O) groups excluding carboxylic acids is 1. The van der Waals surface area contributed by atoms with Crippen molar-refractivity contribution in [3.63, 3.8) is 0 Å². The first-order valence-electron chi connectivity index (χ1n) is 7.70. The molecule has 3 aromatic rings. The highest BCUT2D eigenvalue weighted by Gasteiger charge is 2.09. The van der Waals surface area contributed by atoms with E-state index in [0.29, 0.717) is 20.7 Å². The summed E-state index contributed by atoms with van der Waals surface area (Å²) < 4.78 is 6.06. The van der Waals surface area contributed by atoms with Crippen molar-refractivity contribution in [1.82, 2.24) is 4.98 Å². The van der Waals surface area contributed by atoms with Crippen molar-refractivity contribution in [1.29, 1.82) is 0 Å². The third-order valence-electron chi connectivity index (χ3n) is 3.56. The molecule has 0 atom stereocenters. The van der Waals surface area contributed by atoms with Crippen LogP contribution in [0.25, 0.3) is 17.3 Å². The molecule has 0 unspecified atom stereocenters. The Kier molecular flexibility index (Phi) is 6.55. The summed E-state index contributed by atoms with van der Waals surface area (Å²) in [5.41, 5.74) is 2.39. The summed E-state index contributed by atoms with van der Waals surface area (Å²) in [6.45, 7) is 0. The van der Waals surface area contributed by atoms with Gasteiger partial charge in [-0.05, 0) is 57.9 Å². The van der Waals surface area contributed by atoms with E-state index in [9.17, 15) is 4.79 Å². The van der Waals surface area contributed by atoms with Crippen molar-refractivity contribution in [2.75, 3.05) is 12.4 Å². The lowest BCUT2D eigenvalue weighted by Gasteiger charge is -2.04. The van der Waals surface area contributed by atoms with Crippen molar-refractivity contribution in [2.24, 2.45) is 0 Å². The smallest absolute Gasteiger partial charge is 0.250 e. The highest BCUT2D eigenvalue weighted by atomic mass is 79.9. The first kappa shape index (κ1) is 19.9. The molecule has 1 heterocycles. The highest BCUT2D eigenvalue weighted by molar-refractivity contribution is 9.10. The van der Waals surface area contributed by atoms with Crippen LogP contribution >= 0.6 is 50.5 Å². The summed E-state index contributed by atoms with van der Waals surface area (Å²) in [6, 6.07) is 10.8. The molecule has 0 saturated carbocycles. The number of anilines is 1. The first-order chi connectivity index (χ1) is 13.0. The van der Waals surface area contributed by atoms with Gasteiger partial charge in [-0.1, -0.05) is 29.3 Å². The number of halogens is 3. The number of aromatic nitrogens is 1. The van der Waals surface area contributed by atoms with Gasteiger partial charge in [0, 0.05) is 27.1 Å². The van der Waals surface area contributed by atoms with Crippen molar-refractivity contribution in [3.05, 3.63) is 67.9 Å². The summed E-state index contributed by atoms with van der Waals surface area (Å²) in [5.74, 6) is 0.450. The van der Waals surface area contributed by atoms with Crippen LogP contribution in [0.15, 0.2) is 52.3 Å². The summed E-state index contributed by atoms with van der Waals surface area (Å²) in [4.78, 5) is 16.6. The van der Waals surface area contributed by atoms with Gasteiger partial charge in [0.1, 0.15) is 5.75 Å². The Morgan fingerprint density at radius 2 is 2.07 bits per heavy atom. The van der Waals surface area contributed by atoms with Crippen LogP contribution in [0.2, 0.25) is 10.0 Å². The molecule has 138 valence electrons. The monoisotopic (exact) mass is 482 g/mol. The zero-order valence-corrected chi connectivity index (χ0v) is 17.9. The van der Waals surface area contributed by atoms with Crippen molar-refractivity contribution in [2.45, 2.75) is 0 Å². The van der Waals surface area contributed by atoms with E-state index in [2.05, 4.69) is 26.2 Å². The number of rotatable bonds is 5. The second-order valence-corrected chi connectivity index (χ2v) is 7.93. The molecule has 1 amide bonds. The molecular weight excluding hydrogens is 471 g/mol. The number of nitrogens with zero attached hydrogens (tertiary/aromatic N) is 1. The maximum atomic E-state index is 12.1. The maximum absolute atomic E-state index is 12.1. The standard InChI is InChI=1S/C19H13BrCl2N2O2S/c1-26-17-6-3-12(8-14(17)20)16-10-27-19(23-16)24-18(25)7-4-11-2-5-13(21)9-15(11)22/h2-10H,1H3,(H,23,24,25). The Labute approximate surface area is 178 Å². The number of carbonyl (C=O) groups is 1. The topological polar surface area (TPSA) is 51.2 Å². The number of benzene rings is 2. The van der Waals surface area contributed by atoms with Crippen molar-refractivity contribution < 1.29 is 9.53 Å². The Bertz CT molecular complexity index is 1020. The maximum Gasteiger partial charge on any atom is 0.250 e. The lowest BCUT2D eigenvalue weighted by molar-refractivity contribution is -0.111. The van der Waals surface area contributed by atoms with Gasteiger partial charge in [0.2, 0.25) is 5.91 Å². The Hall–Kier alpha value is -1.86. The summed E-state index contributed by atoms with van der Waals surface area (Å²) in [6.07, 6.45) is 3.03. The van der Waals surface area contributed by atoms with Crippen LogP contribution in [-0.2, 0) is 4.79 Å². The average molecular weight is 484 g/mol. The molecule has 2 aromatic carbocycles. The zero-order chi connectivity index (χ0) is 19.4. The highest BCUT2D eigenvalue weighted by Crippen LogP contribution is 2.32. The van der Waals surface area contributed by atoms with Gasteiger partial charge in [0.25, 0.3) is 0 Å². The predicted octanol–water partition coefficient (Wildman–Crippen LogP) is 6.54. The van der Waals surface area contributed by atoms with Gasteiger partial charge in [-0.25, -0.2) is 4.98 Å². The quantitative estimate of drug-likeness (QED) is 0.419. The lowest BCUT2D eigenvalue weighted by atomic mass is 10.2. The molecule has 0 bridgehead atoms. The molecule has 8 heteroatoms. The van der Waals surface area contributed by atoms with Gasteiger partial charge in [0.15, 0.2) is 5.13 Å². The summed E-state index contributed by atoms with van der Waals surface area (Å²) >= 11 is 16.8. The molecular formula is C19H13BrCl2N2O2S. The van der Waals surface area contributed by atoms with Crippen LogP contribution in [0, 0.1) is 0 Å². The molecule has 3 rings (SSSR count). The minimum absolute atomic E-state index is 0.294. The predicted molar refractivity (Wildman–Crippen MR) is 116 cm³/mol. The average Bonchev–Trinajstić information content (AvgIpc) is 3.09. The molecule has 0 spiro atoms. The molecule has 0 saturated heterocycles. The normalized spacial score (nSPS) is 11.0. The zero-order valence-electron chi connectivity index (χ0n) is 14.0. The summed E-state index contributed by atoms with van der Waals surface area (Å²) in [7, 11) is 1.61. The fourth-order valence-corrected chi connectivity index (χ4v) is 3.97. The number of thiazole rings is 1. The van der Waals surface area contributed by atoms with E-state index in [-0.39, 0.29) is 5.91 Å². The molecule has 0 aliphatic heterocycles. The molecule has 0 aliphatic rings. The van der Waals surface area contributed by atoms with Gasteiger partial charge in [0.05, 0.1) is 17.3 Å². The van der Waals surface area contributed by atoms with Gasteiger partial charge >= 0.3 is 0 Å². The SMILES string of the molecule is COc1ccc(-c2csc(NC(=O)C=Cc3ccc(Cl)cc3Cl)n2)cc1Br. The molecule has 1 aromatic heterocycles.